The van der Waals surface area contributed by atoms with Crippen LogP contribution in [0.4, 0.5) is 5.95 Å². The maximum absolute atomic E-state index is 5.74. The number of nitrogens with one attached hydrogen (secondary N) is 1. The number of nitrogens with two attached hydrogens (primary N) is 1. The highest BCUT2D eigenvalue weighted by molar-refractivity contribution is 9.10. The van der Waals surface area contributed by atoms with E-state index in [1.54, 1.807) is 0 Å². The maximum Gasteiger partial charge on any atom is 0.250 e. The summed E-state index contributed by atoms with van der Waals surface area (Å²) < 4.78 is 6.77. The zero-order valence-electron chi connectivity index (χ0n) is 10.0. The van der Waals surface area contributed by atoms with Gasteiger partial charge in [0.15, 0.2) is 5.65 Å². The van der Waals surface area contributed by atoms with Crippen molar-refractivity contribution in [3.05, 3.63) is 34.6 Å². The van der Waals surface area contributed by atoms with Gasteiger partial charge in [0, 0.05) is 4.47 Å². The van der Waals surface area contributed by atoms with E-state index in [-0.39, 0.29) is 5.95 Å². The van der Waals surface area contributed by atoms with Crippen LogP contribution in [0.15, 0.2) is 29.0 Å². The van der Waals surface area contributed by atoms with Crippen LogP contribution in [0.1, 0.15) is 5.56 Å². The number of halogens is 1. The first-order chi connectivity index (χ1) is 9.13. The first kappa shape index (κ1) is 11.9. The molecule has 0 spiro atoms. The summed E-state index contributed by atoms with van der Waals surface area (Å²) >= 11 is 3.44. The Bertz CT molecular complexity index is 755. The summed E-state index contributed by atoms with van der Waals surface area (Å²) in [6, 6.07) is 5.67. The van der Waals surface area contributed by atoms with E-state index in [9.17, 15) is 0 Å². The zero-order valence-corrected chi connectivity index (χ0v) is 11.6. The minimum absolute atomic E-state index is 0.128. The monoisotopic (exact) mass is 319 g/mol. The van der Waals surface area contributed by atoms with Gasteiger partial charge in [0.1, 0.15) is 11.3 Å². The number of benzene rings is 1. The molecular formula is C12H10BrN5O. The normalized spacial score (nSPS) is 10.8. The topological polar surface area (TPSA) is 89.7 Å². The van der Waals surface area contributed by atoms with E-state index >= 15 is 0 Å². The molecular weight excluding hydrogens is 310 g/mol. The van der Waals surface area contributed by atoms with Crippen LogP contribution >= 0.6 is 15.9 Å². The number of H-pyrrole nitrogens is 1. The SMILES string of the molecule is Cc1cc(Oc2nc(N)nc3nc[nH]c23)ccc1Br. The number of aromatic nitrogens is 4. The maximum atomic E-state index is 5.74. The van der Waals surface area contributed by atoms with Crippen LogP contribution in [0, 0.1) is 6.92 Å². The lowest BCUT2D eigenvalue weighted by Crippen LogP contribution is -1.98. The molecule has 0 atom stereocenters. The summed E-state index contributed by atoms with van der Waals surface area (Å²) in [4.78, 5) is 15.1. The quantitative estimate of drug-likeness (QED) is 0.758. The number of fused-ring (bicyclic) bond motifs is 1. The third-order valence-electron chi connectivity index (χ3n) is 2.61. The minimum atomic E-state index is 0.128. The van der Waals surface area contributed by atoms with Gasteiger partial charge in [-0.2, -0.15) is 9.97 Å². The number of nitrogens with zero attached hydrogens (tertiary/aromatic N) is 3. The van der Waals surface area contributed by atoms with E-state index < -0.39 is 0 Å². The van der Waals surface area contributed by atoms with Crippen molar-refractivity contribution < 1.29 is 4.74 Å². The number of imidazole rings is 1. The molecule has 7 heteroatoms. The zero-order chi connectivity index (χ0) is 13.4. The van der Waals surface area contributed by atoms with E-state index in [0.29, 0.717) is 22.8 Å². The van der Waals surface area contributed by atoms with Crippen molar-refractivity contribution in [2.24, 2.45) is 0 Å². The largest absolute Gasteiger partial charge is 0.437 e. The fraction of sp³-hybridized carbons (Fsp3) is 0.0833. The number of hydrogen-bond acceptors (Lipinski definition) is 5. The van der Waals surface area contributed by atoms with E-state index in [4.69, 9.17) is 10.5 Å². The Hall–Kier alpha value is -2.15. The van der Waals surface area contributed by atoms with Gasteiger partial charge >= 0.3 is 0 Å². The average molecular weight is 320 g/mol. The Morgan fingerprint density at radius 3 is 2.95 bits per heavy atom. The summed E-state index contributed by atoms with van der Waals surface area (Å²) in [7, 11) is 0. The lowest BCUT2D eigenvalue weighted by molar-refractivity contribution is 0.467. The first-order valence-electron chi connectivity index (χ1n) is 5.54. The summed E-state index contributed by atoms with van der Waals surface area (Å²) in [6.45, 7) is 1.98. The summed E-state index contributed by atoms with van der Waals surface area (Å²) in [5.41, 5.74) is 7.80. The molecule has 0 unspecified atom stereocenters. The molecule has 0 bridgehead atoms. The minimum Gasteiger partial charge on any atom is -0.437 e. The van der Waals surface area contributed by atoms with Crippen molar-refractivity contribution in [2.75, 3.05) is 5.73 Å². The summed E-state index contributed by atoms with van der Waals surface area (Å²) in [5.74, 6) is 1.17. The second kappa shape index (κ2) is 4.51. The number of rotatable bonds is 2. The third-order valence-corrected chi connectivity index (χ3v) is 3.50. The second-order valence-corrected chi connectivity index (χ2v) is 4.86. The summed E-state index contributed by atoms with van der Waals surface area (Å²) in [6.07, 6.45) is 1.53. The van der Waals surface area contributed by atoms with Crippen LogP contribution in [0.25, 0.3) is 11.2 Å². The van der Waals surface area contributed by atoms with Gasteiger partial charge in [-0.3, -0.25) is 0 Å². The molecule has 19 heavy (non-hydrogen) atoms. The van der Waals surface area contributed by atoms with E-state index in [1.807, 2.05) is 25.1 Å². The van der Waals surface area contributed by atoms with Gasteiger partial charge in [0.25, 0.3) is 5.88 Å². The average Bonchev–Trinajstić information content (AvgIpc) is 2.82. The predicted molar refractivity (Wildman–Crippen MR) is 75.0 cm³/mol. The number of anilines is 1. The number of hydrogen-bond donors (Lipinski definition) is 2. The Labute approximate surface area is 117 Å². The van der Waals surface area contributed by atoms with Crippen molar-refractivity contribution in [2.45, 2.75) is 6.92 Å². The smallest absolute Gasteiger partial charge is 0.250 e. The molecule has 0 aliphatic rings. The Kier molecular flexibility index (Phi) is 2.83. The molecule has 0 aliphatic carbocycles. The van der Waals surface area contributed by atoms with E-state index in [0.717, 1.165) is 10.0 Å². The van der Waals surface area contributed by atoms with Crippen LogP contribution in [0.2, 0.25) is 0 Å². The standard InChI is InChI=1S/C12H10BrN5O/c1-6-4-7(2-3-8(6)13)19-11-9-10(16-5-15-9)17-12(14)18-11/h2-5H,1H3,(H3,14,15,16,17,18). The van der Waals surface area contributed by atoms with Gasteiger partial charge in [-0.05, 0) is 30.7 Å². The molecule has 2 aromatic heterocycles. The number of aryl methyl sites for hydroxylation is 1. The van der Waals surface area contributed by atoms with Crippen molar-refractivity contribution in [1.29, 1.82) is 0 Å². The Balaban J connectivity index is 2.04. The van der Waals surface area contributed by atoms with Gasteiger partial charge in [-0.25, -0.2) is 4.98 Å². The van der Waals surface area contributed by atoms with Gasteiger partial charge in [-0.1, -0.05) is 15.9 Å². The molecule has 3 N–H and O–H groups in total. The molecule has 0 amide bonds. The van der Waals surface area contributed by atoms with Crippen LogP contribution < -0.4 is 10.5 Å². The van der Waals surface area contributed by atoms with Crippen LogP contribution in [-0.2, 0) is 0 Å². The van der Waals surface area contributed by atoms with E-state index in [2.05, 4.69) is 35.9 Å². The molecule has 96 valence electrons. The Morgan fingerprint density at radius 1 is 1.32 bits per heavy atom. The van der Waals surface area contributed by atoms with Gasteiger partial charge in [0.05, 0.1) is 6.33 Å². The highest BCUT2D eigenvalue weighted by Crippen LogP contribution is 2.28. The molecule has 0 saturated carbocycles. The lowest BCUT2D eigenvalue weighted by atomic mass is 10.2. The van der Waals surface area contributed by atoms with Crippen molar-refractivity contribution in [3.63, 3.8) is 0 Å². The summed E-state index contributed by atoms with van der Waals surface area (Å²) in [5, 5.41) is 0. The Morgan fingerprint density at radius 2 is 2.16 bits per heavy atom. The van der Waals surface area contributed by atoms with Gasteiger partial charge < -0.3 is 15.5 Å². The van der Waals surface area contributed by atoms with Crippen molar-refractivity contribution in [1.82, 2.24) is 19.9 Å². The molecule has 0 fully saturated rings. The van der Waals surface area contributed by atoms with E-state index in [1.165, 1.54) is 6.33 Å². The molecule has 3 aromatic rings. The number of aromatic amines is 1. The van der Waals surface area contributed by atoms with Crippen molar-refractivity contribution >= 4 is 33.0 Å². The number of nitrogen functional groups attached to an aromatic ring is 1. The van der Waals surface area contributed by atoms with Gasteiger partial charge in [-0.15, -0.1) is 0 Å². The molecule has 3 rings (SSSR count). The van der Waals surface area contributed by atoms with Crippen LogP contribution in [0.3, 0.4) is 0 Å². The van der Waals surface area contributed by atoms with Gasteiger partial charge in [0.2, 0.25) is 5.95 Å². The third kappa shape index (κ3) is 2.24. The highest BCUT2D eigenvalue weighted by Gasteiger charge is 2.11. The molecule has 2 heterocycles. The van der Waals surface area contributed by atoms with Crippen LogP contribution in [-0.4, -0.2) is 19.9 Å². The molecule has 6 nitrogen and oxygen atoms in total. The number of ether oxygens (including phenoxy) is 1. The fourth-order valence-electron chi connectivity index (χ4n) is 1.69. The van der Waals surface area contributed by atoms with Crippen LogP contribution in [0.5, 0.6) is 11.6 Å². The molecule has 0 saturated heterocycles. The predicted octanol–water partition coefficient (Wildman–Crippen LogP) is 2.80. The lowest BCUT2D eigenvalue weighted by Gasteiger charge is -2.07. The van der Waals surface area contributed by atoms with Crippen molar-refractivity contribution in [3.8, 4) is 11.6 Å². The fourth-order valence-corrected chi connectivity index (χ4v) is 1.94. The second-order valence-electron chi connectivity index (χ2n) is 4.00. The first-order valence-corrected chi connectivity index (χ1v) is 6.33. The molecule has 1 aromatic carbocycles. The highest BCUT2D eigenvalue weighted by atomic mass is 79.9. The molecule has 0 aliphatic heterocycles. The molecule has 0 radical (unpaired) electrons.